The second kappa shape index (κ2) is 18.1. The molecule has 0 radical (unpaired) electrons. The Bertz CT molecular complexity index is 434. The van der Waals surface area contributed by atoms with Gasteiger partial charge >= 0.3 is 0 Å². The van der Waals surface area contributed by atoms with E-state index in [1.165, 1.54) is 51.4 Å². The fourth-order valence-electron chi connectivity index (χ4n) is 3.77. The maximum absolute atomic E-state index is 12.6. The summed E-state index contributed by atoms with van der Waals surface area (Å²) in [5.74, 6) is 1.55. The van der Waals surface area contributed by atoms with E-state index in [9.17, 15) is 9.59 Å². The zero-order chi connectivity index (χ0) is 21.2. The molecule has 0 bridgehead atoms. The standard InChI is InChI=1S/C23H45N3O2S/c1-2-3-4-5-6-7-8-9-10-13-16-22(27)26-20-29-19-21(26)23(28)25-18-15-12-11-14-17-24/h21H,2-20,24H2,1H3,(H,25,28). The van der Waals surface area contributed by atoms with Crippen molar-refractivity contribution in [1.29, 1.82) is 0 Å². The van der Waals surface area contributed by atoms with Crippen LogP contribution in [0, 0.1) is 0 Å². The van der Waals surface area contributed by atoms with E-state index in [4.69, 9.17) is 5.73 Å². The lowest BCUT2D eigenvalue weighted by Crippen LogP contribution is -2.47. The Balaban J connectivity index is 2.09. The highest BCUT2D eigenvalue weighted by molar-refractivity contribution is 7.99. The van der Waals surface area contributed by atoms with E-state index < -0.39 is 0 Å². The molecule has 170 valence electrons. The van der Waals surface area contributed by atoms with Gasteiger partial charge in [-0.05, 0) is 25.8 Å². The zero-order valence-corrected chi connectivity index (χ0v) is 19.6. The number of hydrogen-bond donors (Lipinski definition) is 2. The molecule has 0 aromatic carbocycles. The van der Waals surface area contributed by atoms with Gasteiger partial charge in [0.05, 0.1) is 5.88 Å². The molecule has 3 N–H and O–H groups in total. The monoisotopic (exact) mass is 427 g/mol. The van der Waals surface area contributed by atoms with Gasteiger partial charge in [-0.1, -0.05) is 77.6 Å². The Labute approximate surface area is 183 Å². The van der Waals surface area contributed by atoms with Crippen molar-refractivity contribution in [2.75, 3.05) is 24.7 Å². The summed E-state index contributed by atoms with van der Waals surface area (Å²) in [5, 5.41) is 3.02. The molecule has 1 saturated heterocycles. The number of thioether (sulfide) groups is 1. The summed E-state index contributed by atoms with van der Waals surface area (Å²) in [6.45, 7) is 3.69. The van der Waals surface area contributed by atoms with Gasteiger partial charge in [0.2, 0.25) is 11.8 Å². The largest absolute Gasteiger partial charge is 0.354 e. The lowest BCUT2D eigenvalue weighted by atomic mass is 10.1. The van der Waals surface area contributed by atoms with Crippen molar-refractivity contribution in [2.24, 2.45) is 5.73 Å². The Hall–Kier alpha value is -0.750. The van der Waals surface area contributed by atoms with Gasteiger partial charge in [0.25, 0.3) is 0 Å². The van der Waals surface area contributed by atoms with Crippen molar-refractivity contribution in [3.8, 4) is 0 Å². The minimum absolute atomic E-state index is 0.0187. The number of nitrogens with one attached hydrogen (secondary N) is 1. The molecule has 1 fully saturated rings. The molecule has 0 saturated carbocycles. The van der Waals surface area contributed by atoms with Crippen LogP contribution < -0.4 is 11.1 Å². The van der Waals surface area contributed by atoms with Gasteiger partial charge in [-0.25, -0.2) is 0 Å². The van der Waals surface area contributed by atoms with E-state index >= 15 is 0 Å². The molecule has 1 aliphatic rings. The van der Waals surface area contributed by atoms with Crippen molar-refractivity contribution in [3.05, 3.63) is 0 Å². The number of rotatable bonds is 18. The summed E-state index contributed by atoms with van der Waals surface area (Å²) in [7, 11) is 0. The van der Waals surface area contributed by atoms with Crippen molar-refractivity contribution in [1.82, 2.24) is 10.2 Å². The molecule has 0 spiro atoms. The average Bonchev–Trinajstić information content (AvgIpc) is 3.22. The smallest absolute Gasteiger partial charge is 0.243 e. The molecule has 0 aromatic heterocycles. The lowest BCUT2D eigenvalue weighted by Gasteiger charge is -2.23. The fourth-order valence-corrected chi connectivity index (χ4v) is 4.95. The third kappa shape index (κ3) is 12.5. The van der Waals surface area contributed by atoms with Crippen LogP contribution in [0.4, 0.5) is 0 Å². The molecule has 0 aromatic rings. The molecular weight excluding hydrogens is 382 g/mol. The minimum Gasteiger partial charge on any atom is -0.354 e. The first-order chi connectivity index (χ1) is 14.2. The SMILES string of the molecule is CCCCCCCCCCCCC(=O)N1CSCC1C(=O)NCCCCCCN. The van der Waals surface area contributed by atoms with Crippen LogP contribution in [0.15, 0.2) is 0 Å². The van der Waals surface area contributed by atoms with Gasteiger partial charge in [-0.3, -0.25) is 9.59 Å². The first-order valence-corrected chi connectivity index (χ1v) is 13.2. The van der Waals surface area contributed by atoms with Gasteiger partial charge in [0, 0.05) is 18.7 Å². The number of unbranched alkanes of at least 4 members (excludes halogenated alkanes) is 12. The third-order valence-corrected chi connectivity index (χ3v) is 6.69. The summed E-state index contributed by atoms with van der Waals surface area (Å²) in [4.78, 5) is 26.8. The molecule has 1 atom stereocenters. The molecular formula is C23H45N3O2S. The van der Waals surface area contributed by atoms with Gasteiger partial charge < -0.3 is 16.0 Å². The highest BCUT2D eigenvalue weighted by Gasteiger charge is 2.33. The zero-order valence-electron chi connectivity index (χ0n) is 18.8. The number of nitrogens with two attached hydrogens (primary N) is 1. The predicted molar refractivity (Wildman–Crippen MR) is 125 cm³/mol. The quantitative estimate of drug-likeness (QED) is 0.307. The molecule has 1 unspecified atom stereocenters. The van der Waals surface area contributed by atoms with E-state index in [0.29, 0.717) is 18.8 Å². The normalized spacial score (nSPS) is 16.3. The maximum Gasteiger partial charge on any atom is 0.243 e. The number of amides is 2. The summed E-state index contributed by atoms with van der Waals surface area (Å²) < 4.78 is 0. The van der Waals surface area contributed by atoms with Crippen molar-refractivity contribution in [3.63, 3.8) is 0 Å². The van der Waals surface area contributed by atoms with Crippen molar-refractivity contribution >= 4 is 23.6 Å². The topological polar surface area (TPSA) is 75.4 Å². The molecule has 6 heteroatoms. The average molecular weight is 428 g/mol. The van der Waals surface area contributed by atoms with Crippen LogP contribution in [0.3, 0.4) is 0 Å². The second-order valence-electron chi connectivity index (χ2n) is 8.31. The molecule has 5 nitrogen and oxygen atoms in total. The van der Waals surface area contributed by atoms with E-state index in [0.717, 1.165) is 50.8 Å². The van der Waals surface area contributed by atoms with Crippen LogP contribution in [0.5, 0.6) is 0 Å². The molecule has 2 amide bonds. The summed E-state index contributed by atoms with van der Waals surface area (Å²) in [6, 6.07) is -0.278. The Morgan fingerprint density at radius 3 is 2.14 bits per heavy atom. The van der Waals surface area contributed by atoms with E-state index in [1.54, 1.807) is 16.7 Å². The molecule has 1 heterocycles. The number of carbonyl (C=O) groups excluding carboxylic acids is 2. The highest BCUT2D eigenvalue weighted by atomic mass is 32.2. The Morgan fingerprint density at radius 1 is 0.897 bits per heavy atom. The Morgan fingerprint density at radius 2 is 1.48 bits per heavy atom. The van der Waals surface area contributed by atoms with Crippen LogP contribution in [-0.2, 0) is 9.59 Å². The lowest BCUT2D eigenvalue weighted by molar-refractivity contribution is -0.138. The second-order valence-corrected chi connectivity index (χ2v) is 9.30. The van der Waals surface area contributed by atoms with E-state index in [-0.39, 0.29) is 17.9 Å². The van der Waals surface area contributed by atoms with Crippen LogP contribution in [0.25, 0.3) is 0 Å². The first kappa shape index (κ1) is 26.3. The predicted octanol–water partition coefficient (Wildman–Crippen LogP) is 4.83. The third-order valence-electron chi connectivity index (χ3n) is 5.68. The summed E-state index contributed by atoms with van der Waals surface area (Å²) in [5.41, 5.74) is 5.49. The maximum atomic E-state index is 12.6. The highest BCUT2D eigenvalue weighted by Crippen LogP contribution is 2.23. The fraction of sp³-hybridized carbons (Fsp3) is 0.913. The Kier molecular flexibility index (Phi) is 16.4. The number of nitrogens with zero attached hydrogens (tertiary/aromatic N) is 1. The molecule has 1 aliphatic heterocycles. The van der Waals surface area contributed by atoms with Gasteiger partial charge in [-0.15, -0.1) is 11.8 Å². The summed E-state index contributed by atoms with van der Waals surface area (Å²) >= 11 is 1.69. The van der Waals surface area contributed by atoms with Crippen LogP contribution in [0.2, 0.25) is 0 Å². The van der Waals surface area contributed by atoms with Crippen LogP contribution in [-0.4, -0.2) is 47.5 Å². The number of hydrogen-bond acceptors (Lipinski definition) is 4. The van der Waals surface area contributed by atoms with Gasteiger partial charge in [0.1, 0.15) is 6.04 Å². The minimum atomic E-state index is -0.278. The van der Waals surface area contributed by atoms with Gasteiger partial charge in [0.15, 0.2) is 0 Å². The van der Waals surface area contributed by atoms with Crippen LogP contribution in [0.1, 0.15) is 103 Å². The van der Waals surface area contributed by atoms with E-state index in [1.807, 2.05) is 0 Å². The van der Waals surface area contributed by atoms with Crippen LogP contribution >= 0.6 is 11.8 Å². The molecule has 0 aliphatic carbocycles. The molecule has 29 heavy (non-hydrogen) atoms. The number of carbonyl (C=O) groups is 2. The van der Waals surface area contributed by atoms with E-state index in [2.05, 4.69) is 12.2 Å². The summed E-state index contributed by atoms with van der Waals surface area (Å²) in [6.07, 6.45) is 17.5. The first-order valence-electron chi connectivity index (χ1n) is 12.1. The van der Waals surface area contributed by atoms with Gasteiger partial charge in [-0.2, -0.15) is 0 Å². The van der Waals surface area contributed by atoms with Crippen molar-refractivity contribution < 1.29 is 9.59 Å². The van der Waals surface area contributed by atoms with Crippen molar-refractivity contribution in [2.45, 2.75) is 109 Å². The molecule has 1 rings (SSSR count).